The van der Waals surface area contributed by atoms with E-state index in [9.17, 15) is 4.79 Å². The smallest absolute Gasteiger partial charge is 0.227 e. The molecule has 1 amide bonds. The van der Waals surface area contributed by atoms with Gasteiger partial charge in [-0.15, -0.1) is 0 Å². The van der Waals surface area contributed by atoms with Crippen LogP contribution in [0.3, 0.4) is 0 Å². The van der Waals surface area contributed by atoms with Gasteiger partial charge in [-0.2, -0.15) is 5.10 Å². The van der Waals surface area contributed by atoms with Gasteiger partial charge in [0.1, 0.15) is 11.0 Å². The molecular formula is C10H9Cl2N5O. The Morgan fingerprint density at radius 2 is 2.22 bits per heavy atom. The maximum atomic E-state index is 11.6. The van der Waals surface area contributed by atoms with Crippen LogP contribution in [0.5, 0.6) is 0 Å². The van der Waals surface area contributed by atoms with Crippen LogP contribution in [0, 0.1) is 0 Å². The Bertz CT molecular complexity index is 523. The average molecular weight is 286 g/mol. The summed E-state index contributed by atoms with van der Waals surface area (Å²) in [6, 6.07) is 3.22. The van der Waals surface area contributed by atoms with E-state index in [-0.39, 0.29) is 28.6 Å². The van der Waals surface area contributed by atoms with Crippen LogP contribution < -0.4 is 5.32 Å². The molecule has 0 saturated carbocycles. The summed E-state index contributed by atoms with van der Waals surface area (Å²) in [7, 11) is 0. The lowest BCUT2D eigenvalue weighted by Gasteiger charge is -2.05. The number of nitrogens with one attached hydrogen (secondary N) is 1. The summed E-state index contributed by atoms with van der Waals surface area (Å²) in [5.74, 6) is 0.0850. The van der Waals surface area contributed by atoms with Crippen molar-refractivity contribution in [2.75, 3.05) is 5.32 Å². The zero-order valence-corrected chi connectivity index (χ0v) is 10.7. The van der Waals surface area contributed by atoms with Crippen LogP contribution in [0.4, 0.5) is 5.82 Å². The lowest BCUT2D eigenvalue weighted by atomic mass is 10.4. The Morgan fingerprint density at radius 3 is 2.89 bits per heavy atom. The molecule has 2 aromatic heterocycles. The Labute approximate surface area is 113 Å². The van der Waals surface area contributed by atoms with Crippen molar-refractivity contribution in [3.05, 3.63) is 35.0 Å². The van der Waals surface area contributed by atoms with E-state index in [1.54, 1.807) is 23.1 Å². The van der Waals surface area contributed by atoms with Crippen LogP contribution in [0.1, 0.15) is 6.42 Å². The quantitative estimate of drug-likeness (QED) is 0.689. The molecule has 0 atom stereocenters. The average Bonchev–Trinajstić information content (AvgIpc) is 2.77. The first-order valence-corrected chi connectivity index (χ1v) is 5.86. The number of anilines is 1. The number of halogens is 2. The van der Waals surface area contributed by atoms with Gasteiger partial charge in [0.25, 0.3) is 0 Å². The summed E-state index contributed by atoms with van der Waals surface area (Å²) in [5, 5.41) is 6.75. The molecule has 0 aliphatic heterocycles. The summed E-state index contributed by atoms with van der Waals surface area (Å²) in [5.41, 5.74) is 0. The molecule has 2 heterocycles. The van der Waals surface area contributed by atoms with E-state index in [1.165, 1.54) is 6.07 Å². The number of aryl methyl sites for hydroxylation is 1. The number of rotatable bonds is 4. The molecule has 0 fully saturated rings. The Balaban J connectivity index is 1.90. The molecule has 2 rings (SSSR count). The van der Waals surface area contributed by atoms with Gasteiger partial charge in [0.15, 0.2) is 0 Å². The Kier molecular flexibility index (Phi) is 4.11. The maximum Gasteiger partial charge on any atom is 0.227 e. The van der Waals surface area contributed by atoms with Gasteiger partial charge >= 0.3 is 0 Å². The SMILES string of the molecule is O=C(CCn1cccn1)Nc1cc(Cl)nc(Cl)n1. The molecule has 0 unspecified atom stereocenters. The minimum absolute atomic E-state index is 0.00937. The highest BCUT2D eigenvalue weighted by Crippen LogP contribution is 2.14. The van der Waals surface area contributed by atoms with Crippen LogP contribution >= 0.6 is 23.2 Å². The zero-order valence-electron chi connectivity index (χ0n) is 9.18. The third-order valence-corrected chi connectivity index (χ3v) is 2.42. The van der Waals surface area contributed by atoms with Gasteiger partial charge in [0, 0.05) is 31.4 Å². The van der Waals surface area contributed by atoms with Crippen molar-refractivity contribution in [1.82, 2.24) is 19.7 Å². The summed E-state index contributed by atoms with van der Waals surface area (Å²) in [6.07, 6.45) is 3.72. The van der Waals surface area contributed by atoms with Gasteiger partial charge in [-0.3, -0.25) is 9.48 Å². The lowest BCUT2D eigenvalue weighted by molar-refractivity contribution is -0.116. The van der Waals surface area contributed by atoms with Gasteiger partial charge in [0.2, 0.25) is 11.2 Å². The number of carbonyl (C=O) groups excluding carboxylic acids is 1. The number of hydrogen-bond acceptors (Lipinski definition) is 4. The van der Waals surface area contributed by atoms with E-state index in [1.807, 2.05) is 0 Å². The second-order valence-electron chi connectivity index (χ2n) is 3.41. The van der Waals surface area contributed by atoms with Crippen LogP contribution in [-0.4, -0.2) is 25.7 Å². The summed E-state index contributed by atoms with van der Waals surface area (Å²) in [4.78, 5) is 19.1. The van der Waals surface area contributed by atoms with Crippen molar-refractivity contribution in [2.45, 2.75) is 13.0 Å². The first-order valence-electron chi connectivity index (χ1n) is 5.11. The van der Waals surface area contributed by atoms with E-state index in [0.717, 1.165) is 0 Å². The summed E-state index contributed by atoms with van der Waals surface area (Å²) < 4.78 is 1.67. The number of carbonyl (C=O) groups is 1. The number of amides is 1. The largest absolute Gasteiger partial charge is 0.310 e. The topological polar surface area (TPSA) is 72.7 Å². The second-order valence-corrected chi connectivity index (χ2v) is 4.14. The predicted octanol–water partition coefficient (Wildman–Crippen LogP) is 2.01. The Hall–Kier alpha value is -1.66. The van der Waals surface area contributed by atoms with Gasteiger partial charge in [-0.25, -0.2) is 9.97 Å². The monoisotopic (exact) mass is 285 g/mol. The first-order chi connectivity index (χ1) is 8.63. The standard InChI is InChI=1S/C10H9Cl2N5O/c11-7-6-8(16-10(12)14-7)15-9(18)2-5-17-4-1-3-13-17/h1,3-4,6H,2,5H2,(H,14,15,16,18). The predicted molar refractivity (Wildman–Crippen MR) is 67.5 cm³/mol. The van der Waals surface area contributed by atoms with Crippen molar-refractivity contribution in [1.29, 1.82) is 0 Å². The molecule has 0 aromatic carbocycles. The number of hydrogen-bond donors (Lipinski definition) is 1. The van der Waals surface area contributed by atoms with Crippen molar-refractivity contribution in [3.8, 4) is 0 Å². The van der Waals surface area contributed by atoms with E-state index in [0.29, 0.717) is 6.54 Å². The summed E-state index contributed by atoms with van der Waals surface area (Å²) >= 11 is 11.3. The van der Waals surface area contributed by atoms with Crippen LogP contribution in [0.2, 0.25) is 10.4 Å². The molecule has 0 aliphatic carbocycles. The van der Waals surface area contributed by atoms with Crippen molar-refractivity contribution < 1.29 is 4.79 Å². The third kappa shape index (κ3) is 3.68. The maximum absolute atomic E-state index is 11.6. The molecule has 8 heteroatoms. The highest BCUT2D eigenvalue weighted by atomic mass is 35.5. The van der Waals surface area contributed by atoms with Crippen molar-refractivity contribution in [2.24, 2.45) is 0 Å². The molecule has 0 spiro atoms. The molecule has 1 N–H and O–H groups in total. The second kappa shape index (κ2) is 5.79. The van der Waals surface area contributed by atoms with Crippen LogP contribution in [0.15, 0.2) is 24.5 Å². The van der Waals surface area contributed by atoms with Gasteiger partial charge in [-0.05, 0) is 17.7 Å². The minimum Gasteiger partial charge on any atom is -0.310 e. The zero-order chi connectivity index (χ0) is 13.0. The number of aromatic nitrogens is 4. The summed E-state index contributed by atoms with van der Waals surface area (Å²) in [6.45, 7) is 0.491. The molecule has 0 radical (unpaired) electrons. The fourth-order valence-electron chi connectivity index (χ4n) is 1.31. The molecule has 6 nitrogen and oxygen atoms in total. The van der Waals surface area contributed by atoms with Crippen LogP contribution in [-0.2, 0) is 11.3 Å². The molecule has 18 heavy (non-hydrogen) atoms. The number of nitrogens with zero attached hydrogens (tertiary/aromatic N) is 4. The van der Waals surface area contributed by atoms with E-state index < -0.39 is 0 Å². The minimum atomic E-state index is -0.198. The van der Waals surface area contributed by atoms with Gasteiger partial charge in [0.05, 0.1) is 0 Å². The first kappa shape index (κ1) is 12.8. The normalized spacial score (nSPS) is 10.3. The lowest BCUT2D eigenvalue weighted by Crippen LogP contribution is -2.15. The molecule has 2 aromatic rings. The highest BCUT2D eigenvalue weighted by molar-refractivity contribution is 6.32. The van der Waals surface area contributed by atoms with Crippen molar-refractivity contribution >= 4 is 34.9 Å². The van der Waals surface area contributed by atoms with Gasteiger partial charge < -0.3 is 5.32 Å². The fraction of sp³-hybridized carbons (Fsp3) is 0.200. The third-order valence-electron chi connectivity index (χ3n) is 2.06. The fourth-order valence-corrected chi connectivity index (χ4v) is 1.72. The Morgan fingerprint density at radius 1 is 1.39 bits per heavy atom. The van der Waals surface area contributed by atoms with Crippen LogP contribution in [0.25, 0.3) is 0 Å². The van der Waals surface area contributed by atoms with E-state index >= 15 is 0 Å². The highest BCUT2D eigenvalue weighted by Gasteiger charge is 2.06. The molecular weight excluding hydrogens is 277 g/mol. The molecule has 94 valence electrons. The van der Waals surface area contributed by atoms with Crippen molar-refractivity contribution in [3.63, 3.8) is 0 Å². The van der Waals surface area contributed by atoms with E-state index in [4.69, 9.17) is 23.2 Å². The molecule has 0 bridgehead atoms. The molecule has 0 saturated heterocycles. The van der Waals surface area contributed by atoms with Gasteiger partial charge in [-0.1, -0.05) is 11.6 Å². The van der Waals surface area contributed by atoms with E-state index in [2.05, 4.69) is 20.4 Å². The molecule has 0 aliphatic rings.